The highest BCUT2D eigenvalue weighted by atomic mass is 35.5. The summed E-state index contributed by atoms with van der Waals surface area (Å²) in [6, 6.07) is 0. The van der Waals surface area contributed by atoms with Crippen molar-refractivity contribution in [1.29, 1.82) is 0 Å². The van der Waals surface area contributed by atoms with E-state index in [2.05, 4.69) is 6.58 Å². The molecule has 6 heteroatoms. The van der Waals surface area contributed by atoms with Crippen molar-refractivity contribution >= 4 is 36.8 Å². The summed E-state index contributed by atoms with van der Waals surface area (Å²) >= 11 is 0. The van der Waals surface area contributed by atoms with Crippen LogP contribution in [-0.4, -0.2) is 22.2 Å². The first-order valence-corrected chi connectivity index (χ1v) is 2.17. The first kappa shape index (κ1) is 16.7. The van der Waals surface area contributed by atoms with E-state index >= 15 is 0 Å². The van der Waals surface area contributed by atoms with Crippen LogP contribution in [0.1, 0.15) is 6.42 Å². The summed E-state index contributed by atoms with van der Waals surface area (Å²) in [5.41, 5.74) is -0.303. The van der Waals surface area contributed by atoms with E-state index in [-0.39, 0.29) is 30.4 Å². The predicted octanol–water partition coefficient (Wildman–Crippen LogP) is 0.945. The largest absolute Gasteiger partial charge is 0.481 e. The van der Waals surface area contributed by atoms with Gasteiger partial charge in [0.25, 0.3) is 0 Å². The van der Waals surface area contributed by atoms with Crippen LogP contribution < -0.4 is 0 Å². The number of rotatable bonds is 3. The van der Waals surface area contributed by atoms with Gasteiger partial charge in [0.2, 0.25) is 0 Å². The van der Waals surface area contributed by atoms with Crippen LogP contribution in [0.15, 0.2) is 12.2 Å². The number of hydrogen-bond donors (Lipinski definition) is 2. The Labute approximate surface area is 75.7 Å². The predicted molar refractivity (Wildman–Crippen MR) is 43.5 cm³/mol. The molecule has 0 aromatic carbocycles. The first-order valence-electron chi connectivity index (χ1n) is 2.17. The van der Waals surface area contributed by atoms with Gasteiger partial charge in [-0.3, -0.25) is 4.79 Å². The quantitative estimate of drug-likeness (QED) is 0.669. The van der Waals surface area contributed by atoms with Gasteiger partial charge in [-0.2, -0.15) is 0 Å². The monoisotopic (exact) mass is 202 g/mol. The molecule has 0 aromatic heterocycles. The molecule has 0 rings (SSSR count). The van der Waals surface area contributed by atoms with E-state index in [9.17, 15) is 9.59 Å². The minimum Gasteiger partial charge on any atom is -0.481 e. The minimum atomic E-state index is -1.27. The summed E-state index contributed by atoms with van der Waals surface area (Å²) < 4.78 is 0. The van der Waals surface area contributed by atoms with E-state index < -0.39 is 18.4 Å². The van der Waals surface area contributed by atoms with Crippen molar-refractivity contribution in [2.45, 2.75) is 6.42 Å². The fourth-order valence-corrected chi connectivity index (χ4v) is 0.258. The summed E-state index contributed by atoms with van der Waals surface area (Å²) in [4.78, 5) is 19.7. The summed E-state index contributed by atoms with van der Waals surface area (Å²) in [5.74, 6) is -2.44. The van der Waals surface area contributed by atoms with Crippen molar-refractivity contribution in [2.24, 2.45) is 0 Å². The summed E-state index contributed by atoms with van der Waals surface area (Å²) in [6.45, 7) is 3.01. The van der Waals surface area contributed by atoms with Crippen LogP contribution in [0.5, 0.6) is 0 Å². The highest BCUT2D eigenvalue weighted by Crippen LogP contribution is 1.95. The van der Waals surface area contributed by atoms with Crippen LogP contribution in [0.4, 0.5) is 0 Å². The number of carboxylic acids is 2. The van der Waals surface area contributed by atoms with Crippen LogP contribution in [-0.2, 0) is 9.59 Å². The van der Waals surface area contributed by atoms with Crippen molar-refractivity contribution in [3.8, 4) is 0 Å². The number of aliphatic carboxylic acids is 2. The second-order valence-electron chi connectivity index (χ2n) is 1.48. The molecular weight excluding hydrogens is 195 g/mol. The molecule has 0 aliphatic heterocycles. The van der Waals surface area contributed by atoms with Crippen molar-refractivity contribution in [3.05, 3.63) is 12.2 Å². The van der Waals surface area contributed by atoms with Crippen LogP contribution in [0, 0.1) is 0 Å². The normalized spacial score (nSPS) is 6.91. The van der Waals surface area contributed by atoms with E-state index in [1.165, 1.54) is 0 Å². The molecule has 0 fully saturated rings. The van der Waals surface area contributed by atoms with Gasteiger partial charge in [0.05, 0.1) is 6.42 Å². The molecule has 0 spiro atoms. The van der Waals surface area contributed by atoms with E-state index in [0.29, 0.717) is 0 Å². The molecule has 0 unspecified atom stereocenters. The third-order valence-corrected chi connectivity index (χ3v) is 0.667. The van der Waals surface area contributed by atoms with E-state index in [1.54, 1.807) is 0 Å². The number of halogens is 2. The van der Waals surface area contributed by atoms with Gasteiger partial charge in [-0.05, 0) is 0 Å². The maximum atomic E-state index is 9.87. The molecule has 0 aromatic rings. The van der Waals surface area contributed by atoms with Crippen LogP contribution in [0.3, 0.4) is 0 Å². The lowest BCUT2D eigenvalue weighted by atomic mass is 10.2. The average Bonchev–Trinajstić information content (AvgIpc) is 1.63. The van der Waals surface area contributed by atoms with E-state index in [4.69, 9.17) is 10.2 Å². The van der Waals surface area contributed by atoms with Crippen LogP contribution >= 0.6 is 24.8 Å². The van der Waals surface area contributed by atoms with Crippen molar-refractivity contribution < 1.29 is 19.8 Å². The molecule has 0 aliphatic carbocycles. The van der Waals surface area contributed by atoms with Gasteiger partial charge in [-0.25, -0.2) is 4.79 Å². The Bertz CT molecular complexity index is 166. The second kappa shape index (κ2) is 7.37. The van der Waals surface area contributed by atoms with Crippen molar-refractivity contribution in [3.63, 3.8) is 0 Å². The molecule has 66 valence electrons. The number of carboxylic acid groups (broad SMARTS) is 2. The first-order chi connectivity index (χ1) is 4.04. The molecule has 0 amide bonds. The van der Waals surface area contributed by atoms with Gasteiger partial charge >= 0.3 is 11.9 Å². The van der Waals surface area contributed by atoms with Gasteiger partial charge in [-0.15, -0.1) is 24.8 Å². The minimum absolute atomic E-state index is 0. The highest BCUT2D eigenvalue weighted by Gasteiger charge is 2.07. The number of hydrogen-bond acceptors (Lipinski definition) is 2. The Kier molecular flexibility index (Phi) is 11.2. The topological polar surface area (TPSA) is 74.6 Å². The van der Waals surface area contributed by atoms with E-state index in [1.807, 2.05) is 0 Å². The molecule has 0 radical (unpaired) electrons. The smallest absolute Gasteiger partial charge is 0.331 e. The van der Waals surface area contributed by atoms with Gasteiger partial charge in [0.1, 0.15) is 0 Å². The van der Waals surface area contributed by atoms with Gasteiger partial charge in [0.15, 0.2) is 0 Å². The lowest BCUT2D eigenvalue weighted by Crippen LogP contribution is -2.04. The molecule has 11 heavy (non-hydrogen) atoms. The van der Waals surface area contributed by atoms with Crippen molar-refractivity contribution in [1.82, 2.24) is 0 Å². The molecule has 0 atom stereocenters. The third-order valence-electron chi connectivity index (χ3n) is 0.667. The molecule has 0 saturated carbocycles. The fourth-order valence-electron chi connectivity index (χ4n) is 0.258. The van der Waals surface area contributed by atoms with Gasteiger partial charge < -0.3 is 10.2 Å². The summed E-state index contributed by atoms with van der Waals surface area (Å²) in [6.07, 6.45) is -0.505. The molecular formula is C5H8Cl2O4. The molecule has 0 saturated heterocycles. The molecule has 0 aliphatic rings. The lowest BCUT2D eigenvalue weighted by molar-refractivity contribution is -0.139. The fraction of sp³-hybridized carbons (Fsp3) is 0.200. The zero-order valence-electron chi connectivity index (χ0n) is 5.44. The summed E-state index contributed by atoms with van der Waals surface area (Å²) in [7, 11) is 0. The van der Waals surface area contributed by atoms with Crippen LogP contribution in [0.2, 0.25) is 0 Å². The Balaban J connectivity index is -0.000000320. The zero-order chi connectivity index (χ0) is 7.44. The molecule has 0 heterocycles. The zero-order valence-corrected chi connectivity index (χ0v) is 7.07. The molecule has 0 bridgehead atoms. The maximum Gasteiger partial charge on any atom is 0.331 e. The molecule has 4 nitrogen and oxygen atoms in total. The average molecular weight is 203 g/mol. The maximum absolute atomic E-state index is 9.87. The van der Waals surface area contributed by atoms with Gasteiger partial charge in [0, 0.05) is 5.57 Å². The Morgan fingerprint density at radius 1 is 1.18 bits per heavy atom. The molecule has 2 N–H and O–H groups in total. The second-order valence-corrected chi connectivity index (χ2v) is 1.48. The van der Waals surface area contributed by atoms with Gasteiger partial charge in [-0.1, -0.05) is 6.58 Å². The lowest BCUT2D eigenvalue weighted by Gasteiger charge is -1.91. The van der Waals surface area contributed by atoms with Crippen LogP contribution in [0.25, 0.3) is 0 Å². The third kappa shape index (κ3) is 9.26. The number of carbonyl (C=O) groups is 2. The van der Waals surface area contributed by atoms with E-state index in [0.717, 1.165) is 0 Å². The summed E-state index contributed by atoms with van der Waals surface area (Å²) in [5, 5.41) is 16.1. The Morgan fingerprint density at radius 3 is 1.64 bits per heavy atom. The SMILES string of the molecule is C=C(CC(=O)O)C(=O)O.Cl.Cl. The Morgan fingerprint density at radius 2 is 1.55 bits per heavy atom. The Hall–Kier alpha value is -0.740. The highest BCUT2D eigenvalue weighted by molar-refractivity contribution is 5.91. The van der Waals surface area contributed by atoms with Crippen molar-refractivity contribution in [2.75, 3.05) is 0 Å². The standard InChI is InChI=1S/C5H6O4.2ClH/c1-3(5(8)9)2-4(6)7;;/h1-2H2,(H,6,7)(H,8,9);2*1H.